The minimum Gasteiger partial charge on any atom is -0.390 e. The first kappa shape index (κ1) is 14.7. The lowest BCUT2D eigenvalue weighted by atomic mass is 10.3. The highest BCUT2D eigenvalue weighted by Crippen LogP contribution is 2.31. The van der Waals surface area contributed by atoms with Gasteiger partial charge in [0.1, 0.15) is 0 Å². The molecule has 1 heterocycles. The van der Waals surface area contributed by atoms with E-state index in [4.69, 9.17) is 4.74 Å². The fourth-order valence-electron chi connectivity index (χ4n) is 2.18. The van der Waals surface area contributed by atoms with Gasteiger partial charge in [0, 0.05) is 5.75 Å². The summed E-state index contributed by atoms with van der Waals surface area (Å²) in [5, 5.41) is 22.5. The standard InChI is InChI=1S/C12H22N4O2S/c1-9(2)18-7-11(17)8-19-12-13-14-15-16(12)10-5-3-4-6-10/h9-11,17H,3-8H2,1-2H3. The van der Waals surface area contributed by atoms with Gasteiger partial charge in [0.2, 0.25) is 5.16 Å². The van der Waals surface area contributed by atoms with E-state index < -0.39 is 6.10 Å². The maximum Gasteiger partial charge on any atom is 0.209 e. The molecule has 7 heteroatoms. The van der Waals surface area contributed by atoms with E-state index >= 15 is 0 Å². The van der Waals surface area contributed by atoms with E-state index in [-0.39, 0.29) is 6.10 Å². The molecular weight excluding hydrogens is 264 g/mol. The Labute approximate surface area is 117 Å². The van der Waals surface area contributed by atoms with Crippen molar-refractivity contribution in [3.05, 3.63) is 0 Å². The highest BCUT2D eigenvalue weighted by molar-refractivity contribution is 7.99. The van der Waals surface area contributed by atoms with Crippen LogP contribution in [0.2, 0.25) is 0 Å². The Bertz CT molecular complexity index is 380. The largest absolute Gasteiger partial charge is 0.390 e. The molecule has 19 heavy (non-hydrogen) atoms. The van der Waals surface area contributed by atoms with Gasteiger partial charge in [0.05, 0.1) is 24.9 Å². The van der Waals surface area contributed by atoms with Crippen molar-refractivity contribution in [2.75, 3.05) is 12.4 Å². The summed E-state index contributed by atoms with van der Waals surface area (Å²) in [6, 6.07) is 0.432. The second-order valence-corrected chi connectivity index (χ2v) is 6.18. The van der Waals surface area contributed by atoms with E-state index in [1.807, 2.05) is 18.5 Å². The lowest BCUT2D eigenvalue weighted by Crippen LogP contribution is -2.21. The summed E-state index contributed by atoms with van der Waals surface area (Å²) in [5.74, 6) is 0.555. The zero-order valence-corrected chi connectivity index (χ0v) is 12.3. The van der Waals surface area contributed by atoms with Crippen LogP contribution in [0.25, 0.3) is 0 Å². The molecule has 1 unspecified atom stereocenters. The second-order valence-electron chi connectivity index (χ2n) is 5.19. The molecule has 1 N–H and O–H groups in total. The van der Waals surface area contributed by atoms with Crippen LogP contribution in [0.1, 0.15) is 45.6 Å². The fourth-order valence-corrected chi connectivity index (χ4v) is 3.03. The molecule has 0 aliphatic heterocycles. The average molecular weight is 286 g/mol. The number of aromatic nitrogens is 4. The van der Waals surface area contributed by atoms with Crippen LogP contribution in [0.4, 0.5) is 0 Å². The van der Waals surface area contributed by atoms with Gasteiger partial charge in [-0.05, 0) is 37.1 Å². The second kappa shape index (κ2) is 7.21. The summed E-state index contributed by atoms with van der Waals surface area (Å²) in [4.78, 5) is 0. The minimum atomic E-state index is -0.485. The molecule has 1 aromatic heterocycles. The lowest BCUT2D eigenvalue weighted by molar-refractivity contribution is 0.0152. The monoisotopic (exact) mass is 286 g/mol. The summed E-state index contributed by atoms with van der Waals surface area (Å²) in [5.41, 5.74) is 0. The van der Waals surface area contributed by atoms with Crippen molar-refractivity contribution in [2.24, 2.45) is 0 Å². The van der Waals surface area contributed by atoms with Crippen molar-refractivity contribution in [2.45, 2.75) is 62.9 Å². The van der Waals surface area contributed by atoms with Crippen molar-refractivity contribution in [1.29, 1.82) is 0 Å². The van der Waals surface area contributed by atoms with Crippen LogP contribution in [0.5, 0.6) is 0 Å². The van der Waals surface area contributed by atoms with Gasteiger partial charge in [-0.2, -0.15) is 0 Å². The molecule has 0 aromatic carbocycles. The average Bonchev–Trinajstić information content (AvgIpc) is 3.03. The van der Waals surface area contributed by atoms with Gasteiger partial charge in [0.15, 0.2) is 0 Å². The molecule has 1 aromatic rings. The van der Waals surface area contributed by atoms with Crippen LogP contribution in [-0.4, -0.2) is 49.9 Å². The van der Waals surface area contributed by atoms with Crippen molar-refractivity contribution in [3.63, 3.8) is 0 Å². The van der Waals surface area contributed by atoms with E-state index in [0.717, 1.165) is 18.0 Å². The Balaban J connectivity index is 1.81. The van der Waals surface area contributed by atoms with E-state index in [9.17, 15) is 5.11 Å². The van der Waals surface area contributed by atoms with Crippen LogP contribution in [0.3, 0.4) is 0 Å². The van der Waals surface area contributed by atoms with Gasteiger partial charge in [0.25, 0.3) is 0 Å². The van der Waals surface area contributed by atoms with Crippen LogP contribution >= 0.6 is 11.8 Å². The number of aliphatic hydroxyl groups is 1. The van der Waals surface area contributed by atoms with E-state index in [2.05, 4.69) is 15.5 Å². The van der Waals surface area contributed by atoms with Gasteiger partial charge >= 0.3 is 0 Å². The summed E-state index contributed by atoms with van der Waals surface area (Å²) in [7, 11) is 0. The number of tetrazole rings is 1. The molecule has 0 bridgehead atoms. The SMILES string of the molecule is CC(C)OCC(O)CSc1nnnn1C1CCCC1. The maximum atomic E-state index is 9.83. The molecular formula is C12H22N4O2S. The third-order valence-electron chi connectivity index (χ3n) is 3.16. The number of hydrogen-bond acceptors (Lipinski definition) is 6. The smallest absolute Gasteiger partial charge is 0.209 e. The maximum absolute atomic E-state index is 9.83. The van der Waals surface area contributed by atoms with Crippen LogP contribution < -0.4 is 0 Å². The number of thioether (sulfide) groups is 1. The van der Waals surface area contributed by atoms with Gasteiger partial charge < -0.3 is 9.84 Å². The molecule has 1 aliphatic rings. The van der Waals surface area contributed by atoms with Gasteiger partial charge in [-0.15, -0.1) is 5.10 Å². The first-order valence-electron chi connectivity index (χ1n) is 6.87. The van der Waals surface area contributed by atoms with Crippen LogP contribution in [0, 0.1) is 0 Å². The Kier molecular flexibility index (Phi) is 5.59. The van der Waals surface area contributed by atoms with Gasteiger partial charge in [-0.3, -0.25) is 0 Å². The summed E-state index contributed by atoms with van der Waals surface area (Å²) in [6.07, 6.45) is 4.46. The number of hydrogen-bond donors (Lipinski definition) is 1. The van der Waals surface area contributed by atoms with Crippen molar-refractivity contribution in [1.82, 2.24) is 20.2 Å². The molecule has 1 fully saturated rings. The van der Waals surface area contributed by atoms with Gasteiger partial charge in [-0.1, -0.05) is 24.6 Å². The Hall–Kier alpha value is -0.660. The minimum absolute atomic E-state index is 0.142. The summed E-state index contributed by atoms with van der Waals surface area (Å²) >= 11 is 1.50. The number of aliphatic hydroxyl groups excluding tert-OH is 1. The normalized spacial score (nSPS) is 18.3. The Morgan fingerprint density at radius 1 is 1.42 bits per heavy atom. The zero-order chi connectivity index (χ0) is 13.7. The Morgan fingerprint density at radius 2 is 2.16 bits per heavy atom. The molecule has 0 radical (unpaired) electrons. The summed E-state index contributed by atoms with van der Waals surface area (Å²) in [6.45, 7) is 4.27. The van der Waals surface area contributed by atoms with Crippen molar-refractivity contribution in [3.8, 4) is 0 Å². The van der Waals surface area contributed by atoms with Crippen LogP contribution in [-0.2, 0) is 4.74 Å². The van der Waals surface area contributed by atoms with Gasteiger partial charge in [-0.25, -0.2) is 4.68 Å². The highest BCUT2D eigenvalue weighted by atomic mass is 32.2. The molecule has 108 valence electrons. The molecule has 0 amide bonds. The molecule has 0 spiro atoms. The topological polar surface area (TPSA) is 73.1 Å². The third-order valence-corrected chi connectivity index (χ3v) is 4.24. The predicted molar refractivity (Wildman–Crippen MR) is 73.1 cm³/mol. The third kappa shape index (κ3) is 4.43. The molecule has 1 atom stereocenters. The molecule has 6 nitrogen and oxygen atoms in total. The summed E-state index contributed by atoms with van der Waals surface area (Å²) < 4.78 is 7.29. The highest BCUT2D eigenvalue weighted by Gasteiger charge is 2.22. The van der Waals surface area contributed by atoms with Crippen LogP contribution in [0.15, 0.2) is 5.16 Å². The predicted octanol–water partition coefficient (Wildman–Crippen LogP) is 1.67. The first-order chi connectivity index (χ1) is 9.16. The van der Waals surface area contributed by atoms with E-state index in [1.54, 1.807) is 0 Å². The number of rotatable bonds is 7. The zero-order valence-electron chi connectivity index (χ0n) is 11.5. The lowest BCUT2D eigenvalue weighted by Gasteiger charge is -2.14. The molecule has 1 saturated carbocycles. The molecule has 0 saturated heterocycles. The fraction of sp³-hybridized carbons (Fsp3) is 0.917. The molecule has 2 rings (SSSR count). The first-order valence-corrected chi connectivity index (χ1v) is 7.85. The number of ether oxygens (including phenoxy) is 1. The quantitative estimate of drug-likeness (QED) is 0.769. The van der Waals surface area contributed by atoms with E-state index in [1.165, 1.54) is 24.6 Å². The van der Waals surface area contributed by atoms with Crippen molar-refractivity contribution >= 4 is 11.8 Å². The van der Waals surface area contributed by atoms with E-state index in [0.29, 0.717) is 18.4 Å². The molecule has 1 aliphatic carbocycles. The Morgan fingerprint density at radius 3 is 2.84 bits per heavy atom. The van der Waals surface area contributed by atoms with Crippen molar-refractivity contribution < 1.29 is 9.84 Å². The number of nitrogens with zero attached hydrogens (tertiary/aromatic N) is 4.